The van der Waals surface area contributed by atoms with Gasteiger partial charge in [0.05, 0.1) is 16.4 Å². The standard InChI is InChI=1S/C12H16N2O4S3/c13-12(19)10-5-1-2-6-11(10)21(17,18)14-9-4-3-7-20(15,16)8-9/h1-2,5-6,9,14H,3-4,7-8H2,(H2,13,19). The molecule has 1 aliphatic heterocycles. The minimum Gasteiger partial charge on any atom is -0.389 e. The maximum Gasteiger partial charge on any atom is 0.241 e. The highest BCUT2D eigenvalue weighted by atomic mass is 32.2. The first-order valence-electron chi connectivity index (χ1n) is 6.33. The predicted molar refractivity (Wildman–Crippen MR) is 84.3 cm³/mol. The van der Waals surface area contributed by atoms with Crippen molar-refractivity contribution in [1.29, 1.82) is 0 Å². The molecule has 0 spiro atoms. The lowest BCUT2D eigenvalue weighted by Crippen LogP contribution is -2.43. The van der Waals surface area contributed by atoms with Gasteiger partial charge in [-0.1, -0.05) is 30.4 Å². The maximum absolute atomic E-state index is 12.4. The summed E-state index contributed by atoms with van der Waals surface area (Å²) in [6.45, 7) is 0. The molecule has 1 fully saturated rings. The third-order valence-electron chi connectivity index (χ3n) is 3.23. The van der Waals surface area contributed by atoms with Crippen LogP contribution >= 0.6 is 12.2 Å². The van der Waals surface area contributed by atoms with Crippen molar-refractivity contribution < 1.29 is 16.8 Å². The minimum absolute atomic E-state index is 0.0211. The molecule has 9 heteroatoms. The predicted octanol–water partition coefficient (Wildman–Crippen LogP) is 0.176. The molecule has 3 N–H and O–H groups in total. The Labute approximate surface area is 129 Å². The first-order chi connectivity index (χ1) is 9.71. The molecule has 0 saturated carbocycles. The monoisotopic (exact) mass is 348 g/mol. The Balaban J connectivity index is 2.29. The summed E-state index contributed by atoms with van der Waals surface area (Å²) in [4.78, 5) is -0.0484. The number of sulfonamides is 1. The molecule has 0 aliphatic carbocycles. The van der Waals surface area contributed by atoms with E-state index >= 15 is 0 Å². The van der Waals surface area contributed by atoms with Crippen molar-refractivity contribution in [3.8, 4) is 0 Å². The fraction of sp³-hybridized carbons (Fsp3) is 0.417. The van der Waals surface area contributed by atoms with E-state index in [4.69, 9.17) is 18.0 Å². The second kappa shape index (κ2) is 5.99. The Hall–Kier alpha value is -1.03. The maximum atomic E-state index is 12.4. The van der Waals surface area contributed by atoms with Crippen LogP contribution in [-0.2, 0) is 19.9 Å². The fourth-order valence-corrected chi connectivity index (χ4v) is 5.78. The average molecular weight is 348 g/mol. The van der Waals surface area contributed by atoms with Crippen LogP contribution in [0.25, 0.3) is 0 Å². The molecule has 1 unspecified atom stereocenters. The van der Waals surface area contributed by atoms with Gasteiger partial charge in [0.15, 0.2) is 9.84 Å². The zero-order chi connectivity index (χ0) is 15.7. The molecule has 1 aromatic rings. The van der Waals surface area contributed by atoms with E-state index in [1.54, 1.807) is 12.1 Å². The highest BCUT2D eigenvalue weighted by Crippen LogP contribution is 2.19. The number of rotatable bonds is 4. The molecule has 1 saturated heterocycles. The lowest BCUT2D eigenvalue weighted by atomic mass is 10.2. The number of nitrogens with two attached hydrogens (primary N) is 1. The van der Waals surface area contributed by atoms with Crippen molar-refractivity contribution in [2.24, 2.45) is 5.73 Å². The van der Waals surface area contributed by atoms with Crippen LogP contribution in [0.1, 0.15) is 18.4 Å². The van der Waals surface area contributed by atoms with Gasteiger partial charge in [0.2, 0.25) is 10.0 Å². The minimum atomic E-state index is -3.87. The highest BCUT2D eigenvalue weighted by molar-refractivity contribution is 7.91. The zero-order valence-electron chi connectivity index (χ0n) is 11.2. The number of hydrogen-bond acceptors (Lipinski definition) is 5. The van der Waals surface area contributed by atoms with Gasteiger partial charge in [-0.05, 0) is 18.9 Å². The van der Waals surface area contributed by atoms with Crippen molar-refractivity contribution in [1.82, 2.24) is 4.72 Å². The lowest BCUT2D eigenvalue weighted by molar-refractivity contribution is 0.517. The Morgan fingerprint density at radius 1 is 1.33 bits per heavy atom. The van der Waals surface area contributed by atoms with E-state index in [2.05, 4.69) is 4.72 Å². The smallest absolute Gasteiger partial charge is 0.241 e. The van der Waals surface area contributed by atoms with Crippen LogP contribution in [0.4, 0.5) is 0 Å². The van der Waals surface area contributed by atoms with E-state index in [0.29, 0.717) is 12.8 Å². The van der Waals surface area contributed by atoms with Crippen molar-refractivity contribution in [2.45, 2.75) is 23.8 Å². The summed E-state index contributed by atoms with van der Waals surface area (Å²) < 4.78 is 50.4. The second-order valence-corrected chi connectivity index (χ2v) is 9.29. The molecule has 1 atom stereocenters. The number of sulfone groups is 1. The second-order valence-electron chi connectivity index (χ2n) is 4.94. The number of hydrogen-bond donors (Lipinski definition) is 2. The van der Waals surface area contributed by atoms with E-state index in [9.17, 15) is 16.8 Å². The Morgan fingerprint density at radius 2 is 2.00 bits per heavy atom. The summed E-state index contributed by atoms with van der Waals surface area (Å²) in [5.41, 5.74) is 5.78. The van der Waals surface area contributed by atoms with Crippen LogP contribution < -0.4 is 10.5 Å². The molecule has 116 valence electrons. The van der Waals surface area contributed by atoms with Crippen LogP contribution in [-0.4, -0.2) is 39.4 Å². The van der Waals surface area contributed by atoms with E-state index in [1.165, 1.54) is 12.1 Å². The van der Waals surface area contributed by atoms with Crippen LogP contribution in [0.15, 0.2) is 29.2 Å². The quantitative estimate of drug-likeness (QED) is 0.752. The first kappa shape index (κ1) is 16.3. The van der Waals surface area contributed by atoms with Gasteiger partial charge in [-0.3, -0.25) is 0 Å². The molecule has 0 bridgehead atoms. The summed E-state index contributed by atoms with van der Waals surface area (Å²) >= 11 is 4.85. The molecular weight excluding hydrogens is 332 g/mol. The van der Waals surface area contributed by atoms with E-state index in [0.717, 1.165) is 0 Å². The fourth-order valence-electron chi connectivity index (χ4n) is 2.30. The molecule has 0 aromatic heterocycles. The molecule has 0 radical (unpaired) electrons. The van der Waals surface area contributed by atoms with Gasteiger partial charge < -0.3 is 5.73 Å². The molecule has 1 heterocycles. The van der Waals surface area contributed by atoms with Crippen LogP contribution in [0, 0.1) is 0 Å². The van der Waals surface area contributed by atoms with Crippen LogP contribution in [0.2, 0.25) is 0 Å². The van der Waals surface area contributed by atoms with Gasteiger partial charge >= 0.3 is 0 Å². The third-order valence-corrected chi connectivity index (χ3v) is 6.85. The largest absolute Gasteiger partial charge is 0.389 e. The van der Waals surface area contributed by atoms with Crippen molar-refractivity contribution in [2.75, 3.05) is 11.5 Å². The molecule has 1 aromatic carbocycles. The van der Waals surface area contributed by atoms with Crippen LogP contribution in [0.3, 0.4) is 0 Å². The van der Waals surface area contributed by atoms with Gasteiger partial charge in [-0.2, -0.15) is 0 Å². The van der Waals surface area contributed by atoms with Crippen molar-refractivity contribution in [3.05, 3.63) is 29.8 Å². The summed E-state index contributed by atoms with van der Waals surface area (Å²) in [5.74, 6) is -0.0732. The molecule has 21 heavy (non-hydrogen) atoms. The molecule has 0 amide bonds. The van der Waals surface area contributed by atoms with E-state index < -0.39 is 25.9 Å². The SMILES string of the molecule is NC(=S)c1ccccc1S(=O)(=O)NC1CCCS(=O)(=O)C1. The lowest BCUT2D eigenvalue weighted by Gasteiger charge is -2.23. The van der Waals surface area contributed by atoms with Crippen molar-refractivity contribution in [3.63, 3.8) is 0 Å². The average Bonchev–Trinajstić information content (AvgIpc) is 2.37. The summed E-state index contributed by atoms with van der Waals surface area (Å²) in [6, 6.07) is 5.50. The Bertz CT molecular complexity index is 756. The van der Waals surface area contributed by atoms with Gasteiger partial charge in [0.1, 0.15) is 4.99 Å². The number of benzene rings is 1. The Kier molecular flexibility index (Phi) is 4.66. The highest BCUT2D eigenvalue weighted by Gasteiger charge is 2.29. The van der Waals surface area contributed by atoms with Crippen LogP contribution in [0.5, 0.6) is 0 Å². The van der Waals surface area contributed by atoms with Gasteiger partial charge in [-0.15, -0.1) is 0 Å². The summed E-state index contributed by atoms with van der Waals surface area (Å²) in [7, 11) is -7.06. The van der Waals surface area contributed by atoms with Gasteiger partial charge in [0.25, 0.3) is 0 Å². The van der Waals surface area contributed by atoms with E-state index in [1.807, 2.05) is 0 Å². The zero-order valence-corrected chi connectivity index (χ0v) is 13.6. The third kappa shape index (κ3) is 4.00. The Morgan fingerprint density at radius 3 is 2.62 bits per heavy atom. The van der Waals surface area contributed by atoms with Crippen molar-refractivity contribution >= 4 is 37.1 Å². The summed E-state index contributed by atoms with van der Waals surface area (Å²) in [6.07, 6.45) is 0.945. The van der Waals surface area contributed by atoms with Gasteiger partial charge in [-0.25, -0.2) is 21.6 Å². The summed E-state index contributed by atoms with van der Waals surface area (Å²) in [5, 5.41) is 0. The van der Waals surface area contributed by atoms with Gasteiger partial charge in [0, 0.05) is 11.6 Å². The first-order valence-corrected chi connectivity index (χ1v) is 10.0. The number of thiocarbonyl (C=S) groups is 1. The molecule has 6 nitrogen and oxygen atoms in total. The topological polar surface area (TPSA) is 106 Å². The molecular formula is C12H16N2O4S3. The molecule has 2 rings (SSSR count). The normalized spacial score (nSPS) is 21.8. The number of nitrogens with one attached hydrogen (secondary N) is 1. The molecule has 1 aliphatic rings. The van der Waals surface area contributed by atoms with E-state index in [-0.39, 0.29) is 27.0 Å².